The van der Waals surface area contributed by atoms with E-state index in [1.54, 1.807) is 12.5 Å². The number of fused-ring (bicyclic) bond motifs is 1. The molecule has 8 heteroatoms. The van der Waals surface area contributed by atoms with Gasteiger partial charge < -0.3 is 14.3 Å². The van der Waals surface area contributed by atoms with Crippen molar-refractivity contribution in [1.29, 1.82) is 0 Å². The maximum atomic E-state index is 4.50. The molecule has 0 amide bonds. The number of anilines is 1. The van der Waals surface area contributed by atoms with E-state index in [0.29, 0.717) is 0 Å². The van der Waals surface area contributed by atoms with E-state index < -0.39 is 0 Å². The summed E-state index contributed by atoms with van der Waals surface area (Å²) in [5, 5.41) is 12.5. The van der Waals surface area contributed by atoms with Gasteiger partial charge in [0.1, 0.15) is 17.2 Å². The minimum absolute atomic E-state index is 0.778. The summed E-state index contributed by atoms with van der Waals surface area (Å²) in [5.41, 5.74) is 0.807. The van der Waals surface area contributed by atoms with E-state index in [4.69, 9.17) is 0 Å². The maximum Gasteiger partial charge on any atom is 0.197 e. The standard InChI is InChI=1S/C10H11N7S/c1-11-7-5-17-4-3-12-8(17)9(14-7)18-10-15-13-6-16(10)2/h3-6,11H,1-2H3. The van der Waals surface area contributed by atoms with Gasteiger partial charge in [-0.15, -0.1) is 10.2 Å². The summed E-state index contributed by atoms with van der Waals surface area (Å²) >= 11 is 1.44. The maximum absolute atomic E-state index is 4.50. The topological polar surface area (TPSA) is 72.9 Å². The van der Waals surface area contributed by atoms with E-state index in [2.05, 4.69) is 25.5 Å². The smallest absolute Gasteiger partial charge is 0.197 e. The first-order chi connectivity index (χ1) is 8.78. The monoisotopic (exact) mass is 261 g/mol. The first-order valence-corrected chi connectivity index (χ1v) is 6.13. The van der Waals surface area contributed by atoms with Crippen LogP contribution in [0.2, 0.25) is 0 Å². The number of nitrogens with one attached hydrogen (secondary N) is 1. The van der Waals surface area contributed by atoms with Gasteiger partial charge in [-0.25, -0.2) is 9.97 Å². The SMILES string of the molecule is CNc1cn2ccnc2c(Sc2nncn2C)n1. The van der Waals surface area contributed by atoms with Crippen LogP contribution in [0.5, 0.6) is 0 Å². The highest BCUT2D eigenvalue weighted by atomic mass is 32.2. The third kappa shape index (κ3) is 1.80. The molecule has 3 aromatic rings. The van der Waals surface area contributed by atoms with Crippen molar-refractivity contribution >= 4 is 23.2 Å². The van der Waals surface area contributed by atoms with E-state index in [-0.39, 0.29) is 0 Å². The van der Waals surface area contributed by atoms with Gasteiger partial charge in [0, 0.05) is 26.5 Å². The zero-order valence-electron chi connectivity index (χ0n) is 9.90. The van der Waals surface area contributed by atoms with Crippen LogP contribution in [0, 0.1) is 0 Å². The Hall–Kier alpha value is -2.09. The Bertz CT molecular complexity index is 686. The molecule has 0 aliphatic heterocycles. The Morgan fingerprint density at radius 3 is 3.00 bits per heavy atom. The van der Waals surface area contributed by atoms with Crippen LogP contribution in [0.25, 0.3) is 5.65 Å². The van der Waals surface area contributed by atoms with Crippen molar-refractivity contribution in [1.82, 2.24) is 29.1 Å². The molecule has 0 fully saturated rings. The Balaban J connectivity index is 2.10. The lowest BCUT2D eigenvalue weighted by molar-refractivity contribution is 0.787. The average molecular weight is 261 g/mol. The first-order valence-electron chi connectivity index (χ1n) is 5.31. The molecule has 0 spiro atoms. The third-order valence-corrected chi connectivity index (χ3v) is 3.48. The summed E-state index contributed by atoms with van der Waals surface area (Å²) in [7, 11) is 3.73. The highest BCUT2D eigenvalue weighted by molar-refractivity contribution is 7.99. The van der Waals surface area contributed by atoms with Crippen molar-refractivity contribution in [3.63, 3.8) is 0 Å². The summed E-state index contributed by atoms with van der Waals surface area (Å²) in [5.74, 6) is 0.783. The van der Waals surface area contributed by atoms with E-state index in [1.165, 1.54) is 11.8 Å². The molecule has 0 radical (unpaired) electrons. The molecule has 0 bridgehead atoms. The summed E-state index contributed by atoms with van der Waals surface area (Å²) in [6, 6.07) is 0. The van der Waals surface area contributed by atoms with Crippen LogP contribution >= 0.6 is 11.8 Å². The predicted octanol–water partition coefficient (Wildman–Crippen LogP) is 1.05. The molecule has 0 saturated carbocycles. The van der Waals surface area contributed by atoms with Gasteiger partial charge in [-0.2, -0.15) is 0 Å². The van der Waals surface area contributed by atoms with Gasteiger partial charge >= 0.3 is 0 Å². The fraction of sp³-hybridized carbons (Fsp3) is 0.200. The molecule has 92 valence electrons. The van der Waals surface area contributed by atoms with Crippen LogP contribution < -0.4 is 5.32 Å². The summed E-state index contributed by atoms with van der Waals surface area (Å²) in [6.45, 7) is 0. The Labute approximate surface area is 107 Å². The van der Waals surface area contributed by atoms with Gasteiger partial charge in [-0.3, -0.25) is 0 Å². The Morgan fingerprint density at radius 2 is 2.28 bits per heavy atom. The summed E-state index contributed by atoms with van der Waals surface area (Å²) < 4.78 is 3.77. The van der Waals surface area contributed by atoms with Gasteiger partial charge in [0.05, 0.1) is 6.20 Å². The second kappa shape index (κ2) is 4.30. The molecule has 7 nitrogen and oxygen atoms in total. The molecule has 3 rings (SSSR count). The van der Waals surface area contributed by atoms with Crippen molar-refractivity contribution in [3.8, 4) is 0 Å². The predicted molar refractivity (Wildman–Crippen MR) is 67.7 cm³/mol. The minimum Gasteiger partial charge on any atom is -0.372 e. The second-order valence-corrected chi connectivity index (χ2v) is 4.62. The quantitative estimate of drug-likeness (QED) is 0.759. The molecule has 0 saturated heterocycles. The number of aryl methyl sites for hydroxylation is 1. The Morgan fingerprint density at radius 1 is 1.39 bits per heavy atom. The molecule has 18 heavy (non-hydrogen) atoms. The van der Waals surface area contributed by atoms with Gasteiger partial charge in [0.15, 0.2) is 10.8 Å². The lowest BCUT2D eigenvalue weighted by atomic mass is 10.6. The molecule has 0 atom stereocenters. The molecule has 0 aromatic carbocycles. The molecular formula is C10H11N7S. The zero-order valence-corrected chi connectivity index (χ0v) is 10.7. The number of hydrogen-bond donors (Lipinski definition) is 1. The Kier molecular flexibility index (Phi) is 2.63. The lowest BCUT2D eigenvalue weighted by Gasteiger charge is -2.05. The van der Waals surface area contributed by atoms with Gasteiger partial charge in [-0.1, -0.05) is 0 Å². The fourth-order valence-corrected chi connectivity index (χ4v) is 2.39. The van der Waals surface area contributed by atoms with Gasteiger partial charge in [0.2, 0.25) is 0 Å². The van der Waals surface area contributed by atoms with E-state index in [1.807, 2.05) is 35.5 Å². The molecule has 1 N–H and O–H groups in total. The average Bonchev–Trinajstić information content (AvgIpc) is 2.98. The van der Waals surface area contributed by atoms with Crippen molar-refractivity contribution in [2.24, 2.45) is 7.05 Å². The first kappa shape index (κ1) is 11.0. The van der Waals surface area contributed by atoms with Crippen LogP contribution in [0.3, 0.4) is 0 Å². The number of rotatable bonds is 3. The highest BCUT2D eigenvalue weighted by Gasteiger charge is 2.11. The van der Waals surface area contributed by atoms with Crippen LogP contribution in [-0.4, -0.2) is 36.2 Å². The molecule has 0 unspecified atom stereocenters. The van der Waals surface area contributed by atoms with E-state index >= 15 is 0 Å². The van der Waals surface area contributed by atoms with E-state index in [9.17, 15) is 0 Å². The largest absolute Gasteiger partial charge is 0.372 e. The second-order valence-electron chi connectivity index (χ2n) is 3.67. The van der Waals surface area contributed by atoms with Crippen molar-refractivity contribution in [2.75, 3.05) is 12.4 Å². The van der Waals surface area contributed by atoms with Crippen LogP contribution in [0.1, 0.15) is 0 Å². The zero-order chi connectivity index (χ0) is 12.5. The summed E-state index contributed by atoms with van der Waals surface area (Å²) in [6.07, 6.45) is 7.19. The number of imidazole rings is 1. The van der Waals surface area contributed by atoms with E-state index in [0.717, 1.165) is 21.6 Å². The minimum atomic E-state index is 0.778. The molecule has 3 heterocycles. The van der Waals surface area contributed by atoms with Gasteiger partial charge in [-0.05, 0) is 11.8 Å². The fourth-order valence-electron chi connectivity index (χ4n) is 1.54. The normalized spacial score (nSPS) is 11.0. The third-order valence-electron chi connectivity index (χ3n) is 2.46. The van der Waals surface area contributed by atoms with Crippen LogP contribution in [0.15, 0.2) is 35.1 Å². The number of aromatic nitrogens is 6. The lowest BCUT2D eigenvalue weighted by Crippen LogP contribution is -1.99. The van der Waals surface area contributed by atoms with Crippen LogP contribution in [0.4, 0.5) is 5.82 Å². The number of hydrogen-bond acceptors (Lipinski definition) is 6. The van der Waals surface area contributed by atoms with Crippen molar-refractivity contribution < 1.29 is 0 Å². The number of nitrogens with zero attached hydrogens (tertiary/aromatic N) is 6. The highest BCUT2D eigenvalue weighted by Crippen LogP contribution is 2.27. The molecule has 3 aromatic heterocycles. The van der Waals surface area contributed by atoms with Crippen molar-refractivity contribution in [2.45, 2.75) is 10.2 Å². The van der Waals surface area contributed by atoms with Crippen molar-refractivity contribution in [3.05, 3.63) is 24.9 Å². The summed E-state index contributed by atoms with van der Waals surface area (Å²) in [4.78, 5) is 8.79. The molecule has 0 aliphatic rings. The van der Waals surface area contributed by atoms with Crippen LogP contribution in [-0.2, 0) is 7.05 Å². The molecule has 0 aliphatic carbocycles. The van der Waals surface area contributed by atoms with Gasteiger partial charge in [0.25, 0.3) is 0 Å². The molecular weight excluding hydrogens is 250 g/mol.